The van der Waals surface area contributed by atoms with Gasteiger partial charge < -0.3 is 0 Å². The fraction of sp³-hybridized carbons (Fsp3) is 0.367. The monoisotopic (exact) mass is 499 g/mol. The summed E-state index contributed by atoms with van der Waals surface area (Å²) in [6.07, 6.45) is -1.87. The van der Waals surface area contributed by atoms with Crippen molar-refractivity contribution in [3.63, 3.8) is 0 Å². The van der Waals surface area contributed by atoms with E-state index in [1.807, 2.05) is 6.92 Å². The Morgan fingerprint density at radius 3 is 2.11 bits per heavy atom. The van der Waals surface area contributed by atoms with Crippen molar-refractivity contribution in [1.29, 1.82) is 0 Å². The normalized spacial score (nSPS) is 12.0. The van der Waals surface area contributed by atoms with Gasteiger partial charge in [-0.3, -0.25) is 4.99 Å². The summed E-state index contributed by atoms with van der Waals surface area (Å²) in [6, 6.07) is 9.58. The highest BCUT2D eigenvalue weighted by molar-refractivity contribution is 7.99. The van der Waals surface area contributed by atoms with Crippen molar-refractivity contribution in [2.45, 2.75) is 71.9 Å². The molecular weight excluding hydrogens is 463 g/mol. The first-order chi connectivity index (χ1) is 16.3. The Bertz CT molecular complexity index is 1130. The van der Waals surface area contributed by atoms with Crippen molar-refractivity contribution in [3.8, 4) is 0 Å². The molecule has 0 aliphatic heterocycles. The van der Waals surface area contributed by atoms with Gasteiger partial charge in [0.15, 0.2) is 0 Å². The molecule has 1 nitrogen and oxygen atoms in total. The summed E-state index contributed by atoms with van der Waals surface area (Å²) in [7, 11) is 0. The van der Waals surface area contributed by atoms with Crippen LogP contribution in [0.2, 0.25) is 0 Å². The third-order valence-electron chi connectivity index (χ3n) is 6.01. The minimum absolute atomic E-state index is 0.622. The lowest BCUT2D eigenvalue weighted by atomic mass is 9.97. The first kappa shape index (κ1) is 28.7. The maximum atomic E-state index is 12.9. The molecule has 0 saturated carbocycles. The van der Waals surface area contributed by atoms with Crippen LogP contribution in [0.5, 0.6) is 0 Å². The van der Waals surface area contributed by atoms with Gasteiger partial charge in [0, 0.05) is 16.4 Å². The smallest absolute Gasteiger partial charge is 0.258 e. The summed E-state index contributed by atoms with van der Waals surface area (Å²) < 4.78 is 38.6. The molecule has 5 heteroatoms. The zero-order chi connectivity index (χ0) is 26.3. The SMILES string of the molecule is C=C(C)CCC(C)=Nc1cc(SCC(CC(=C)c2ccc(C(F)(F)F)cc2)=C(C)C)cc(C)c1C. The molecule has 0 N–H and O–H groups in total. The number of hydrogen-bond acceptors (Lipinski definition) is 2. The fourth-order valence-electron chi connectivity index (χ4n) is 3.46. The molecule has 0 heterocycles. The van der Waals surface area contributed by atoms with Crippen LogP contribution in [-0.2, 0) is 6.18 Å². The van der Waals surface area contributed by atoms with Gasteiger partial charge in [-0.1, -0.05) is 35.4 Å². The maximum absolute atomic E-state index is 12.9. The van der Waals surface area contributed by atoms with Crippen LogP contribution in [0, 0.1) is 13.8 Å². The first-order valence-electron chi connectivity index (χ1n) is 11.7. The van der Waals surface area contributed by atoms with Crippen LogP contribution in [0.4, 0.5) is 18.9 Å². The third kappa shape index (κ3) is 8.88. The molecule has 0 atom stereocenters. The first-order valence-corrected chi connectivity index (χ1v) is 12.7. The standard InChI is InChI=1S/C30H36F3NS/c1-19(2)9-10-23(7)34-29-17-28(16-21(5)24(29)8)35-18-26(20(3)4)15-22(6)25-11-13-27(14-12-25)30(31,32)33/h11-14,16-17H,1,6,9-10,15,18H2,2-5,7-8H3. The molecule has 188 valence electrons. The van der Waals surface area contributed by atoms with Gasteiger partial charge in [-0.25, -0.2) is 0 Å². The number of aryl methyl sites for hydroxylation is 1. The second-order valence-corrected chi connectivity index (χ2v) is 10.5. The quantitative estimate of drug-likeness (QED) is 0.180. The predicted octanol–water partition coefficient (Wildman–Crippen LogP) is 10.3. The molecule has 0 amide bonds. The van der Waals surface area contributed by atoms with Gasteiger partial charge in [-0.05, 0) is 107 Å². The van der Waals surface area contributed by atoms with E-state index in [0.29, 0.717) is 6.42 Å². The van der Waals surface area contributed by atoms with Crippen molar-refractivity contribution < 1.29 is 13.2 Å². The lowest BCUT2D eigenvalue weighted by molar-refractivity contribution is -0.137. The van der Waals surface area contributed by atoms with Crippen molar-refractivity contribution in [2.24, 2.45) is 4.99 Å². The Morgan fingerprint density at radius 1 is 0.943 bits per heavy atom. The number of alkyl halides is 3. The van der Waals surface area contributed by atoms with E-state index >= 15 is 0 Å². The van der Waals surface area contributed by atoms with Crippen molar-refractivity contribution >= 4 is 28.7 Å². The van der Waals surface area contributed by atoms with Crippen LogP contribution >= 0.6 is 11.8 Å². The van der Waals surface area contributed by atoms with Gasteiger partial charge in [-0.2, -0.15) is 13.2 Å². The van der Waals surface area contributed by atoms with E-state index in [-0.39, 0.29) is 0 Å². The third-order valence-corrected chi connectivity index (χ3v) is 7.07. The highest BCUT2D eigenvalue weighted by Gasteiger charge is 2.30. The van der Waals surface area contributed by atoms with E-state index in [0.717, 1.165) is 63.7 Å². The topological polar surface area (TPSA) is 12.4 Å². The Hall–Kier alpha value is -2.53. The van der Waals surface area contributed by atoms with Gasteiger partial charge >= 0.3 is 6.18 Å². The average molecular weight is 500 g/mol. The molecular formula is C30H36F3NS. The average Bonchev–Trinajstić information content (AvgIpc) is 2.77. The summed E-state index contributed by atoms with van der Waals surface area (Å²) in [5.74, 6) is 0.780. The minimum atomic E-state index is -4.33. The largest absolute Gasteiger partial charge is 0.416 e. The molecule has 2 aromatic carbocycles. The number of halogens is 3. The minimum Gasteiger partial charge on any atom is -0.258 e. The zero-order valence-corrected chi connectivity index (χ0v) is 22.5. The number of rotatable bonds is 10. The van der Waals surface area contributed by atoms with Crippen LogP contribution in [0.15, 0.2) is 76.2 Å². The second-order valence-electron chi connectivity index (χ2n) is 9.44. The predicted molar refractivity (Wildman–Crippen MR) is 147 cm³/mol. The van der Waals surface area contributed by atoms with E-state index in [9.17, 15) is 13.2 Å². The molecule has 0 unspecified atom stereocenters. The molecule has 0 aromatic heterocycles. The number of benzene rings is 2. The molecule has 0 bridgehead atoms. The fourth-order valence-corrected chi connectivity index (χ4v) is 4.65. The highest BCUT2D eigenvalue weighted by Crippen LogP contribution is 2.34. The molecule has 2 rings (SSSR count). The molecule has 0 aliphatic carbocycles. The summed E-state index contributed by atoms with van der Waals surface area (Å²) in [5.41, 5.74) is 8.96. The van der Waals surface area contributed by atoms with Gasteiger partial charge in [0.2, 0.25) is 0 Å². The lowest BCUT2D eigenvalue weighted by Crippen LogP contribution is -2.04. The van der Waals surface area contributed by atoms with Crippen LogP contribution in [0.3, 0.4) is 0 Å². The zero-order valence-electron chi connectivity index (χ0n) is 21.7. The number of nitrogens with zero attached hydrogens (tertiary/aromatic N) is 1. The Labute approximate surface area is 213 Å². The number of thioether (sulfide) groups is 1. The molecule has 0 fully saturated rings. The lowest BCUT2D eigenvalue weighted by Gasteiger charge is -2.15. The van der Waals surface area contributed by atoms with Crippen molar-refractivity contribution in [3.05, 3.63) is 88.5 Å². The van der Waals surface area contributed by atoms with Gasteiger partial charge in [0.25, 0.3) is 0 Å². The number of allylic oxidation sites excluding steroid dienone is 3. The molecule has 0 radical (unpaired) electrons. The number of hydrogen-bond donors (Lipinski definition) is 0. The maximum Gasteiger partial charge on any atom is 0.416 e. The van der Waals surface area contributed by atoms with E-state index in [1.165, 1.54) is 34.4 Å². The van der Waals surface area contributed by atoms with Crippen LogP contribution in [-0.4, -0.2) is 11.5 Å². The molecule has 35 heavy (non-hydrogen) atoms. The van der Waals surface area contributed by atoms with Crippen molar-refractivity contribution in [1.82, 2.24) is 0 Å². The van der Waals surface area contributed by atoms with E-state index < -0.39 is 11.7 Å². The van der Waals surface area contributed by atoms with Crippen LogP contribution in [0.1, 0.15) is 69.2 Å². The highest BCUT2D eigenvalue weighted by atomic mass is 32.2. The Morgan fingerprint density at radius 2 is 1.57 bits per heavy atom. The van der Waals surface area contributed by atoms with Gasteiger partial charge in [0.1, 0.15) is 0 Å². The van der Waals surface area contributed by atoms with E-state index in [4.69, 9.17) is 4.99 Å². The number of aliphatic imine (C=N–C) groups is 1. The van der Waals surface area contributed by atoms with Crippen LogP contribution < -0.4 is 0 Å². The van der Waals surface area contributed by atoms with E-state index in [1.54, 1.807) is 11.8 Å². The Kier molecular flexibility index (Phi) is 10.2. The Balaban J connectivity index is 2.14. The van der Waals surface area contributed by atoms with E-state index in [2.05, 4.69) is 59.9 Å². The summed E-state index contributed by atoms with van der Waals surface area (Å²) in [5, 5.41) is 0. The summed E-state index contributed by atoms with van der Waals surface area (Å²) >= 11 is 1.75. The molecule has 2 aromatic rings. The molecule has 0 saturated heterocycles. The van der Waals surface area contributed by atoms with Crippen molar-refractivity contribution in [2.75, 3.05) is 5.75 Å². The molecule has 0 spiro atoms. The van der Waals surface area contributed by atoms with Gasteiger partial charge in [-0.15, -0.1) is 18.3 Å². The van der Waals surface area contributed by atoms with Crippen LogP contribution in [0.25, 0.3) is 5.57 Å². The molecule has 0 aliphatic rings. The summed E-state index contributed by atoms with van der Waals surface area (Å²) in [4.78, 5) is 6.03. The second kappa shape index (κ2) is 12.4. The van der Waals surface area contributed by atoms with Gasteiger partial charge in [0.05, 0.1) is 11.3 Å². The summed E-state index contributed by atoms with van der Waals surface area (Å²) in [6.45, 7) is 20.6.